The molecular formula is C21H27N3O3. The lowest BCUT2D eigenvalue weighted by atomic mass is 9.86. The van der Waals surface area contributed by atoms with Gasteiger partial charge >= 0.3 is 5.97 Å². The molecule has 2 unspecified atom stereocenters. The zero-order valence-corrected chi connectivity index (χ0v) is 16.3. The number of benzene rings is 1. The number of piperidine rings is 1. The van der Waals surface area contributed by atoms with Crippen LogP contribution in [0.5, 0.6) is 0 Å². The van der Waals surface area contributed by atoms with Gasteiger partial charge in [0, 0.05) is 13.1 Å². The van der Waals surface area contributed by atoms with E-state index in [1.54, 1.807) is 11.1 Å². The third kappa shape index (κ3) is 3.75. The number of carboxylic acid groups (broad SMARTS) is 1. The molecule has 1 N–H and O–H groups in total. The average molecular weight is 369 g/mol. The van der Waals surface area contributed by atoms with Gasteiger partial charge in [0.2, 0.25) is 0 Å². The minimum Gasteiger partial charge on any atom is -0.481 e. The number of aromatic nitrogens is 2. The molecule has 0 aliphatic carbocycles. The van der Waals surface area contributed by atoms with Gasteiger partial charge in [0.25, 0.3) is 5.91 Å². The van der Waals surface area contributed by atoms with Crippen LogP contribution in [0, 0.1) is 18.8 Å². The van der Waals surface area contributed by atoms with Crippen molar-refractivity contribution < 1.29 is 14.7 Å². The van der Waals surface area contributed by atoms with Gasteiger partial charge < -0.3 is 10.0 Å². The summed E-state index contributed by atoms with van der Waals surface area (Å²) in [4.78, 5) is 26.3. The Morgan fingerprint density at radius 1 is 1.22 bits per heavy atom. The van der Waals surface area contributed by atoms with Crippen LogP contribution in [0.3, 0.4) is 0 Å². The molecule has 0 saturated carbocycles. The van der Waals surface area contributed by atoms with Crippen molar-refractivity contribution >= 4 is 11.9 Å². The van der Waals surface area contributed by atoms with E-state index in [0.717, 1.165) is 11.4 Å². The predicted molar refractivity (Wildman–Crippen MR) is 103 cm³/mol. The van der Waals surface area contributed by atoms with Crippen LogP contribution in [0.25, 0.3) is 5.69 Å². The molecule has 2 heterocycles. The van der Waals surface area contributed by atoms with Gasteiger partial charge in [-0.15, -0.1) is 0 Å². The molecular weight excluding hydrogens is 342 g/mol. The zero-order valence-electron chi connectivity index (χ0n) is 16.3. The number of carbonyl (C=O) groups is 2. The standard InChI is InChI=1S/C21H27N3O3/c1-13(2)19-18(11-22-24(19)16-7-5-14(3)6-8-16)20(25)23-10-9-17(21(26)27)15(4)12-23/h5-8,11,13,15,17H,9-10,12H2,1-4H3,(H,26,27). The Balaban J connectivity index is 1.90. The normalized spacial score (nSPS) is 20.1. The molecule has 1 fully saturated rings. The quantitative estimate of drug-likeness (QED) is 0.895. The number of amides is 1. The summed E-state index contributed by atoms with van der Waals surface area (Å²) in [6.07, 6.45) is 2.14. The zero-order chi connectivity index (χ0) is 19.7. The highest BCUT2D eigenvalue weighted by Crippen LogP contribution is 2.28. The summed E-state index contributed by atoms with van der Waals surface area (Å²) in [5.41, 5.74) is 3.59. The Labute approximate surface area is 159 Å². The first-order chi connectivity index (χ1) is 12.8. The molecule has 1 aromatic heterocycles. The Bertz CT molecular complexity index is 839. The second-order valence-electron chi connectivity index (χ2n) is 7.81. The minimum absolute atomic E-state index is 0.0603. The molecule has 2 atom stereocenters. The maximum atomic E-state index is 13.2. The van der Waals surface area contributed by atoms with Gasteiger partial charge in [0.05, 0.1) is 29.1 Å². The van der Waals surface area contributed by atoms with Gasteiger partial charge in [-0.1, -0.05) is 38.5 Å². The summed E-state index contributed by atoms with van der Waals surface area (Å²) in [6, 6.07) is 8.06. The average Bonchev–Trinajstić information content (AvgIpc) is 3.06. The van der Waals surface area contributed by atoms with Crippen molar-refractivity contribution in [2.45, 2.75) is 40.0 Å². The van der Waals surface area contributed by atoms with E-state index in [0.29, 0.717) is 25.1 Å². The van der Waals surface area contributed by atoms with Crippen LogP contribution in [0.2, 0.25) is 0 Å². The molecule has 1 aliphatic heterocycles. The lowest BCUT2D eigenvalue weighted by Crippen LogP contribution is -2.45. The van der Waals surface area contributed by atoms with E-state index in [-0.39, 0.29) is 23.7 Å². The summed E-state index contributed by atoms with van der Waals surface area (Å²) in [6.45, 7) is 8.97. The first kappa shape index (κ1) is 19.1. The molecule has 1 saturated heterocycles. The molecule has 1 amide bonds. The third-order valence-electron chi connectivity index (χ3n) is 5.37. The maximum absolute atomic E-state index is 13.2. The molecule has 0 bridgehead atoms. The van der Waals surface area contributed by atoms with E-state index in [1.165, 1.54) is 5.56 Å². The molecule has 2 aromatic rings. The predicted octanol–water partition coefficient (Wildman–Crippen LogP) is 3.49. The largest absolute Gasteiger partial charge is 0.481 e. The number of aryl methyl sites for hydroxylation is 1. The first-order valence-electron chi connectivity index (χ1n) is 9.46. The highest BCUT2D eigenvalue weighted by Gasteiger charge is 2.34. The van der Waals surface area contributed by atoms with Crippen LogP contribution in [-0.4, -0.2) is 44.8 Å². The molecule has 144 valence electrons. The van der Waals surface area contributed by atoms with Gasteiger partial charge in [0.15, 0.2) is 0 Å². The summed E-state index contributed by atoms with van der Waals surface area (Å²) < 4.78 is 1.84. The van der Waals surface area contributed by atoms with Crippen LogP contribution >= 0.6 is 0 Å². The second-order valence-corrected chi connectivity index (χ2v) is 7.81. The van der Waals surface area contributed by atoms with Gasteiger partial charge in [-0.3, -0.25) is 9.59 Å². The van der Waals surface area contributed by atoms with Crippen LogP contribution in [0.1, 0.15) is 54.7 Å². The number of carboxylic acids is 1. The van der Waals surface area contributed by atoms with Crippen LogP contribution in [-0.2, 0) is 4.79 Å². The van der Waals surface area contributed by atoms with Crippen molar-refractivity contribution in [3.63, 3.8) is 0 Å². The summed E-state index contributed by atoms with van der Waals surface area (Å²) in [5, 5.41) is 13.8. The molecule has 3 rings (SSSR count). The number of likely N-dealkylation sites (tertiary alicyclic amines) is 1. The molecule has 0 radical (unpaired) electrons. The van der Waals surface area contributed by atoms with Crippen LogP contribution in [0.4, 0.5) is 0 Å². The van der Waals surface area contributed by atoms with Crippen molar-refractivity contribution in [3.05, 3.63) is 47.3 Å². The molecule has 1 aliphatic rings. The summed E-state index contributed by atoms with van der Waals surface area (Å²) in [5.74, 6) is -1.15. The van der Waals surface area contributed by atoms with Gasteiger partial charge in [-0.2, -0.15) is 5.10 Å². The summed E-state index contributed by atoms with van der Waals surface area (Å²) >= 11 is 0. The van der Waals surface area contributed by atoms with Crippen molar-refractivity contribution in [2.24, 2.45) is 11.8 Å². The first-order valence-corrected chi connectivity index (χ1v) is 9.46. The molecule has 0 spiro atoms. The SMILES string of the molecule is Cc1ccc(-n2ncc(C(=O)N3CCC(C(=O)O)C(C)C3)c2C(C)C)cc1. The molecule has 6 heteroatoms. The topological polar surface area (TPSA) is 75.4 Å². The Kier molecular flexibility index (Phi) is 5.35. The van der Waals surface area contributed by atoms with E-state index in [1.807, 2.05) is 42.8 Å². The van der Waals surface area contributed by atoms with E-state index in [2.05, 4.69) is 18.9 Å². The monoisotopic (exact) mass is 369 g/mol. The highest BCUT2D eigenvalue weighted by molar-refractivity contribution is 5.95. The Morgan fingerprint density at radius 3 is 2.44 bits per heavy atom. The number of aliphatic carboxylic acids is 1. The molecule has 1 aromatic carbocycles. The number of nitrogens with zero attached hydrogens (tertiary/aromatic N) is 3. The van der Waals surface area contributed by atoms with Crippen molar-refractivity contribution in [1.82, 2.24) is 14.7 Å². The maximum Gasteiger partial charge on any atom is 0.306 e. The Morgan fingerprint density at radius 2 is 1.89 bits per heavy atom. The number of carbonyl (C=O) groups excluding carboxylic acids is 1. The van der Waals surface area contributed by atoms with E-state index in [9.17, 15) is 14.7 Å². The fourth-order valence-corrected chi connectivity index (χ4v) is 3.84. The fourth-order valence-electron chi connectivity index (χ4n) is 3.84. The van der Waals surface area contributed by atoms with Gasteiger partial charge in [0.1, 0.15) is 0 Å². The number of hydrogen-bond acceptors (Lipinski definition) is 3. The smallest absolute Gasteiger partial charge is 0.306 e. The van der Waals surface area contributed by atoms with Crippen molar-refractivity contribution in [1.29, 1.82) is 0 Å². The Hall–Kier alpha value is -2.63. The van der Waals surface area contributed by atoms with Gasteiger partial charge in [-0.05, 0) is 37.3 Å². The van der Waals surface area contributed by atoms with E-state index >= 15 is 0 Å². The fraction of sp³-hybridized carbons (Fsp3) is 0.476. The molecule has 27 heavy (non-hydrogen) atoms. The van der Waals surface area contributed by atoms with E-state index in [4.69, 9.17) is 0 Å². The second kappa shape index (κ2) is 7.55. The number of rotatable bonds is 4. The van der Waals surface area contributed by atoms with Crippen molar-refractivity contribution in [2.75, 3.05) is 13.1 Å². The van der Waals surface area contributed by atoms with Crippen LogP contribution < -0.4 is 0 Å². The highest BCUT2D eigenvalue weighted by atomic mass is 16.4. The lowest BCUT2D eigenvalue weighted by Gasteiger charge is -2.35. The minimum atomic E-state index is -0.773. The van der Waals surface area contributed by atoms with Crippen molar-refractivity contribution in [3.8, 4) is 5.69 Å². The number of hydrogen-bond donors (Lipinski definition) is 1. The third-order valence-corrected chi connectivity index (χ3v) is 5.37. The lowest BCUT2D eigenvalue weighted by molar-refractivity contribution is -0.145. The van der Waals surface area contributed by atoms with Crippen LogP contribution in [0.15, 0.2) is 30.5 Å². The summed E-state index contributed by atoms with van der Waals surface area (Å²) in [7, 11) is 0. The van der Waals surface area contributed by atoms with E-state index < -0.39 is 5.97 Å². The molecule has 6 nitrogen and oxygen atoms in total. The van der Waals surface area contributed by atoms with Gasteiger partial charge in [-0.25, -0.2) is 4.68 Å².